The molecule has 7 heteroatoms. The molecule has 2 aromatic heterocycles. The number of benzene rings is 1. The molecule has 0 radical (unpaired) electrons. The van der Waals surface area contributed by atoms with Gasteiger partial charge in [0, 0.05) is 16.6 Å². The van der Waals surface area contributed by atoms with Gasteiger partial charge in [0.2, 0.25) is 0 Å². The lowest BCUT2D eigenvalue weighted by atomic mass is 10.0. The minimum Gasteiger partial charge on any atom is -0.468 e. The molecule has 3 aromatic rings. The molecule has 2 heterocycles. The van der Waals surface area contributed by atoms with Crippen LogP contribution in [0.25, 0.3) is 22.0 Å². The molecule has 0 bridgehead atoms. The molecule has 0 aliphatic heterocycles. The summed E-state index contributed by atoms with van der Waals surface area (Å²) in [5.74, 6) is -0.0530. The highest BCUT2D eigenvalue weighted by Crippen LogP contribution is 2.31. The summed E-state index contributed by atoms with van der Waals surface area (Å²) in [6.45, 7) is -0.189. The second-order valence-corrected chi connectivity index (χ2v) is 7.51. The van der Waals surface area contributed by atoms with E-state index in [1.54, 1.807) is 17.5 Å². The molecule has 0 saturated carbocycles. The Morgan fingerprint density at radius 2 is 2.00 bits per heavy atom. The summed E-state index contributed by atoms with van der Waals surface area (Å²) in [7, 11) is 1.31. The highest BCUT2D eigenvalue weighted by molar-refractivity contribution is 7.15. The van der Waals surface area contributed by atoms with Crippen LogP contribution in [0.1, 0.15) is 23.4 Å². The first-order chi connectivity index (χ1) is 13.2. The summed E-state index contributed by atoms with van der Waals surface area (Å²) in [6, 6.07) is 9.34. The number of hydrogen-bond donors (Lipinski definition) is 0. The van der Waals surface area contributed by atoms with E-state index in [0.29, 0.717) is 16.4 Å². The number of ether oxygens (including phenoxy) is 1. The van der Waals surface area contributed by atoms with Crippen LogP contribution in [0.15, 0.2) is 41.3 Å². The number of esters is 1. The van der Waals surface area contributed by atoms with Gasteiger partial charge < -0.3 is 4.74 Å². The fourth-order valence-corrected chi connectivity index (χ4v) is 4.42. The fourth-order valence-electron chi connectivity index (χ4n) is 3.26. The number of carbonyl (C=O) groups excluding carboxylic acids is 1. The number of hydrogen-bond acceptors (Lipinski definition) is 6. The molecule has 1 aromatic carbocycles. The van der Waals surface area contributed by atoms with Crippen LogP contribution in [-0.2, 0) is 28.9 Å². The van der Waals surface area contributed by atoms with Gasteiger partial charge in [0.25, 0.3) is 5.56 Å². The van der Waals surface area contributed by atoms with Crippen molar-refractivity contribution in [2.75, 3.05) is 7.11 Å². The third kappa shape index (κ3) is 3.42. The van der Waals surface area contributed by atoms with Crippen LogP contribution in [0.2, 0.25) is 0 Å². The third-order valence-electron chi connectivity index (χ3n) is 4.67. The monoisotopic (exact) mass is 381 g/mol. The maximum Gasteiger partial charge on any atom is 0.325 e. The molecule has 6 nitrogen and oxygen atoms in total. The molecular formula is C20H19N3O3S. The summed E-state index contributed by atoms with van der Waals surface area (Å²) in [4.78, 5) is 35.5. The molecule has 0 N–H and O–H groups in total. The number of thiazole rings is 1. The van der Waals surface area contributed by atoms with Gasteiger partial charge in [0.1, 0.15) is 17.4 Å². The lowest BCUT2D eigenvalue weighted by molar-refractivity contribution is -0.141. The molecule has 0 atom stereocenters. The Labute approximate surface area is 160 Å². The summed E-state index contributed by atoms with van der Waals surface area (Å²) in [6.07, 6.45) is 5.83. The summed E-state index contributed by atoms with van der Waals surface area (Å²) >= 11 is 1.56. The number of methoxy groups -OCH3 is 1. The van der Waals surface area contributed by atoms with Gasteiger partial charge in [0.15, 0.2) is 0 Å². The zero-order chi connectivity index (χ0) is 18.8. The van der Waals surface area contributed by atoms with Crippen LogP contribution in [-0.4, -0.2) is 27.6 Å². The van der Waals surface area contributed by atoms with E-state index in [-0.39, 0.29) is 12.1 Å². The SMILES string of the molecule is COC(=O)Cn1c(-c2ccccc2)ncc(-c2nc3c(s2)CCCC3)c1=O. The molecule has 138 valence electrons. The Morgan fingerprint density at radius 1 is 1.22 bits per heavy atom. The van der Waals surface area contributed by atoms with Gasteiger partial charge in [-0.1, -0.05) is 30.3 Å². The van der Waals surface area contributed by atoms with Gasteiger partial charge in [-0.3, -0.25) is 14.2 Å². The summed E-state index contributed by atoms with van der Waals surface area (Å²) in [5.41, 5.74) is 2.01. The van der Waals surface area contributed by atoms with Crippen molar-refractivity contribution >= 4 is 17.3 Å². The van der Waals surface area contributed by atoms with Crippen molar-refractivity contribution in [2.24, 2.45) is 0 Å². The number of nitrogens with zero attached hydrogens (tertiary/aromatic N) is 3. The highest BCUT2D eigenvalue weighted by atomic mass is 32.1. The van der Waals surface area contributed by atoms with Gasteiger partial charge in [-0.25, -0.2) is 9.97 Å². The topological polar surface area (TPSA) is 74.1 Å². The van der Waals surface area contributed by atoms with Crippen molar-refractivity contribution < 1.29 is 9.53 Å². The summed E-state index contributed by atoms with van der Waals surface area (Å²) < 4.78 is 6.14. The first-order valence-electron chi connectivity index (χ1n) is 8.88. The molecular weight excluding hydrogens is 362 g/mol. The molecule has 27 heavy (non-hydrogen) atoms. The maximum absolute atomic E-state index is 13.2. The van der Waals surface area contributed by atoms with Crippen molar-refractivity contribution in [1.29, 1.82) is 0 Å². The normalized spacial score (nSPS) is 13.2. The Morgan fingerprint density at radius 3 is 2.74 bits per heavy atom. The number of fused-ring (bicyclic) bond motifs is 1. The average molecular weight is 381 g/mol. The Bertz CT molecular complexity index is 1020. The van der Waals surface area contributed by atoms with E-state index in [9.17, 15) is 9.59 Å². The van der Waals surface area contributed by atoms with Gasteiger partial charge in [0.05, 0.1) is 18.4 Å². The van der Waals surface area contributed by atoms with Gasteiger partial charge >= 0.3 is 5.97 Å². The van der Waals surface area contributed by atoms with Crippen LogP contribution in [0.5, 0.6) is 0 Å². The van der Waals surface area contributed by atoms with Crippen LogP contribution in [0.3, 0.4) is 0 Å². The van der Waals surface area contributed by atoms with E-state index in [0.717, 1.165) is 36.9 Å². The van der Waals surface area contributed by atoms with Crippen LogP contribution in [0, 0.1) is 0 Å². The molecule has 0 fully saturated rings. The van der Waals surface area contributed by atoms with Crippen molar-refractivity contribution in [3.8, 4) is 22.0 Å². The minimum absolute atomic E-state index is 0.189. The molecule has 0 unspecified atom stereocenters. The third-order valence-corrected chi connectivity index (χ3v) is 5.86. The Kier molecular flexibility index (Phi) is 4.85. The fraction of sp³-hybridized carbons (Fsp3) is 0.300. The number of rotatable bonds is 4. The van der Waals surface area contributed by atoms with Gasteiger partial charge in [-0.15, -0.1) is 11.3 Å². The largest absolute Gasteiger partial charge is 0.468 e. The molecule has 4 rings (SSSR count). The smallest absolute Gasteiger partial charge is 0.325 e. The quantitative estimate of drug-likeness (QED) is 0.649. The summed E-state index contributed by atoms with van der Waals surface area (Å²) in [5, 5.41) is 0.678. The molecule has 1 aliphatic carbocycles. The van der Waals surface area contributed by atoms with Gasteiger partial charge in [-0.2, -0.15) is 0 Å². The zero-order valence-electron chi connectivity index (χ0n) is 15.0. The lowest BCUT2D eigenvalue weighted by Crippen LogP contribution is -2.28. The zero-order valence-corrected chi connectivity index (χ0v) is 15.8. The molecule has 0 saturated heterocycles. The maximum atomic E-state index is 13.2. The second-order valence-electron chi connectivity index (χ2n) is 6.42. The van der Waals surface area contributed by atoms with Crippen LogP contribution < -0.4 is 5.56 Å². The first kappa shape index (κ1) is 17.6. The van der Waals surface area contributed by atoms with Crippen molar-refractivity contribution in [3.63, 3.8) is 0 Å². The number of carbonyl (C=O) groups is 1. The van der Waals surface area contributed by atoms with E-state index in [4.69, 9.17) is 4.74 Å². The van der Waals surface area contributed by atoms with Crippen LogP contribution >= 0.6 is 11.3 Å². The molecule has 1 aliphatic rings. The molecule has 0 amide bonds. The van der Waals surface area contributed by atoms with Crippen molar-refractivity contribution in [2.45, 2.75) is 32.2 Å². The van der Waals surface area contributed by atoms with E-state index < -0.39 is 5.97 Å². The predicted molar refractivity (Wildman–Crippen MR) is 104 cm³/mol. The second kappa shape index (κ2) is 7.44. The van der Waals surface area contributed by atoms with Crippen LogP contribution in [0.4, 0.5) is 0 Å². The lowest BCUT2D eigenvalue weighted by Gasteiger charge is -2.12. The van der Waals surface area contributed by atoms with E-state index >= 15 is 0 Å². The molecule has 0 spiro atoms. The number of aryl methyl sites for hydroxylation is 2. The van der Waals surface area contributed by atoms with Gasteiger partial charge in [-0.05, 0) is 25.7 Å². The van der Waals surface area contributed by atoms with E-state index in [2.05, 4.69) is 9.97 Å². The number of aromatic nitrogens is 3. The van der Waals surface area contributed by atoms with Crippen molar-refractivity contribution in [3.05, 3.63) is 57.5 Å². The standard InChI is InChI=1S/C20H19N3O3S/c1-26-17(24)12-23-18(13-7-3-2-4-8-13)21-11-14(20(23)25)19-22-15-9-5-6-10-16(15)27-19/h2-4,7-8,11H,5-6,9-10,12H2,1H3. The highest BCUT2D eigenvalue weighted by Gasteiger charge is 2.21. The van der Waals surface area contributed by atoms with E-state index in [1.165, 1.54) is 16.6 Å². The first-order valence-corrected chi connectivity index (χ1v) is 9.70. The predicted octanol–water partition coefficient (Wildman–Crippen LogP) is 3.09. The Hall–Kier alpha value is -2.80. The minimum atomic E-state index is -0.494. The average Bonchev–Trinajstić information content (AvgIpc) is 3.13. The Balaban J connectivity index is 1.85. The van der Waals surface area contributed by atoms with E-state index in [1.807, 2.05) is 30.3 Å². The van der Waals surface area contributed by atoms with Crippen molar-refractivity contribution in [1.82, 2.24) is 14.5 Å².